The first-order valence-corrected chi connectivity index (χ1v) is 15.8. The molecule has 1 unspecified atom stereocenters. The van der Waals surface area contributed by atoms with Crippen LogP contribution in [0, 0.1) is 5.92 Å². The Morgan fingerprint density at radius 2 is 1.60 bits per heavy atom. The smallest absolute Gasteiger partial charge is 0.246 e. The summed E-state index contributed by atoms with van der Waals surface area (Å²) in [6.07, 6.45) is 12.1. The van der Waals surface area contributed by atoms with Crippen molar-refractivity contribution in [2.75, 3.05) is 52.9 Å². The Morgan fingerprint density at radius 3 is 2.23 bits per heavy atom. The van der Waals surface area contributed by atoms with Crippen molar-refractivity contribution >= 4 is 23.6 Å². The minimum absolute atomic E-state index is 0.0248. The van der Waals surface area contributed by atoms with Crippen LogP contribution in [0.1, 0.15) is 97.3 Å². The standard InChI is InChI=1S/C30H56N6O4/c1-4-24(2)28-30(40)36(23-27(38)34(28)3)25(15-12-13-17-31)29(39)33-18-14-10-8-6-5-7-9-11-16-26(37)35-21-19-32-20-22-35/h24-25,28,32H,4-23,31H2,1-3H3,(H,33,39)/t24?,25-,28-/m0/s1. The third kappa shape index (κ3) is 11.0. The molecule has 10 heteroatoms. The van der Waals surface area contributed by atoms with Gasteiger partial charge in [0.1, 0.15) is 18.6 Å². The number of carbonyl (C=O) groups excluding carboxylic acids is 4. The van der Waals surface area contributed by atoms with Crippen LogP contribution in [0.2, 0.25) is 0 Å². The van der Waals surface area contributed by atoms with Crippen LogP contribution in [0.15, 0.2) is 0 Å². The van der Waals surface area contributed by atoms with Gasteiger partial charge < -0.3 is 31.1 Å². The van der Waals surface area contributed by atoms with E-state index in [1.165, 1.54) is 11.3 Å². The first-order chi connectivity index (χ1) is 19.3. The van der Waals surface area contributed by atoms with E-state index in [4.69, 9.17) is 5.73 Å². The molecule has 40 heavy (non-hydrogen) atoms. The van der Waals surface area contributed by atoms with Crippen LogP contribution in [0.3, 0.4) is 0 Å². The first kappa shape index (κ1) is 34.0. The van der Waals surface area contributed by atoms with Crippen molar-refractivity contribution in [3.63, 3.8) is 0 Å². The van der Waals surface area contributed by atoms with E-state index >= 15 is 0 Å². The molecule has 2 heterocycles. The van der Waals surface area contributed by atoms with Crippen LogP contribution in [-0.4, -0.2) is 103 Å². The Bertz CT molecular complexity index is 788. The number of amides is 4. The molecule has 0 aromatic heterocycles. The number of likely N-dealkylation sites (N-methyl/N-ethyl adjacent to an activating group) is 1. The highest BCUT2D eigenvalue weighted by Gasteiger charge is 2.43. The molecule has 4 N–H and O–H groups in total. The summed E-state index contributed by atoms with van der Waals surface area (Å²) >= 11 is 0. The lowest BCUT2D eigenvalue weighted by Crippen LogP contribution is -2.64. The molecule has 2 aliphatic rings. The largest absolute Gasteiger partial charge is 0.354 e. The first-order valence-electron chi connectivity index (χ1n) is 15.8. The SMILES string of the molecule is CCC(C)[C@H]1C(=O)N([C@@H](CCCCN)C(=O)NCCCCCCCCCCC(=O)N2CCNCC2)CC(=O)N1C. The average molecular weight is 565 g/mol. The van der Waals surface area contributed by atoms with Crippen LogP contribution in [0.4, 0.5) is 0 Å². The molecular formula is C30H56N6O4. The lowest BCUT2D eigenvalue weighted by molar-refractivity contribution is -0.161. The molecule has 4 amide bonds. The van der Waals surface area contributed by atoms with E-state index in [2.05, 4.69) is 10.6 Å². The van der Waals surface area contributed by atoms with E-state index in [0.717, 1.165) is 90.4 Å². The summed E-state index contributed by atoms with van der Waals surface area (Å²) < 4.78 is 0. The fourth-order valence-electron chi connectivity index (χ4n) is 5.71. The van der Waals surface area contributed by atoms with Gasteiger partial charge in [0.25, 0.3) is 0 Å². The molecule has 0 saturated carbocycles. The highest BCUT2D eigenvalue weighted by atomic mass is 16.2. The topological polar surface area (TPSA) is 128 Å². The molecular weight excluding hydrogens is 508 g/mol. The zero-order valence-corrected chi connectivity index (χ0v) is 25.4. The maximum atomic E-state index is 13.4. The summed E-state index contributed by atoms with van der Waals surface area (Å²) in [5.41, 5.74) is 5.67. The average Bonchev–Trinajstić information content (AvgIpc) is 2.96. The minimum Gasteiger partial charge on any atom is -0.354 e. The molecule has 2 saturated heterocycles. The summed E-state index contributed by atoms with van der Waals surface area (Å²) in [7, 11) is 1.69. The number of nitrogens with zero attached hydrogens (tertiary/aromatic N) is 3. The van der Waals surface area contributed by atoms with Gasteiger partial charge in [0, 0.05) is 46.2 Å². The number of hydrogen-bond donors (Lipinski definition) is 3. The van der Waals surface area contributed by atoms with E-state index in [-0.39, 0.29) is 30.2 Å². The predicted octanol–water partition coefficient (Wildman–Crippen LogP) is 2.26. The second kappa shape index (κ2) is 19.0. The summed E-state index contributed by atoms with van der Waals surface area (Å²) in [4.78, 5) is 56.6. The van der Waals surface area contributed by atoms with Crippen molar-refractivity contribution in [2.24, 2.45) is 11.7 Å². The van der Waals surface area contributed by atoms with Crippen molar-refractivity contribution in [1.29, 1.82) is 0 Å². The zero-order chi connectivity index (χ0) is 29.3. The Kier molecular flexibility index (Phi) is 16.2. The normalized spacial score (nSPS) is 19.6. The third-order valence-corrected chi connectivity index (χ3v) is 8.53. The maximum absolute atomic E-state index is 13.4. The fourth-order valence-corrected chi connectivity index (χ4v) is 5.71. The second-order valence-electron chi connectivity index (χ2n) is 11.6. The number of rotatable bonds is 19. The highest BCUT2D eigenvalue weighted by Crippen LogP contribution is 2.24. The second-order valence-corrected chi connectivity index (χ2v) is 11.6. The zero-order valence-electron chi connectivity index (χ0n) is 25.4. The van der Waals surface area contributed by atoms with E-state index in [0.29, 0.717) is 31.8 Å². The lowest BCUT2D eigenvalue weighted by atomic mass is 9.93. The minimum atomic E-state index is -0.637. The van der Waals surface area contributed by atoms with Gasteiger partial charge in [-0.05, 0) is 44.6 Å². The molecule has 0 bridgehead atoms. The van der Waals surface area contributed by atoms with Gasteiger partial charge in [-0.1, -0.05) is 58.8 Å². The highest BCUT2D eigenvalue weighted by molar-refractivity contribution is 5.98. The fraction of sp³-hybridized carbons (Fsp3) is 0.867. The predicted molar refractivity (Wildman–Crippen MR) is 158 cm³/mol. The summed E-state index contributed by atoms with van der Waals surface area (Å²) in [6, 6.07) is -1.16. The van der Waals surface area contributed by atoms with Gasteiger partial charge in [-0.2, -0.15) is 0 Å². The molecule has 2 fully saturated rings. The van der Waals surface area contributed by atoms with Crippen LogP contribution >= 0.6 is 0 Å². The summed E-state index contributed by atoms with van der Waals surface area (Å²) in [5, 5.41) is 6.32. The van der Waals surface area contributed by atoms with Gasteiger partial charge >= 0.3 is 0 Å². The van der Waals surface area contributed by atoms with Crippen LogP contribution in [0.25, 0.3) is 0 Å². The van der Waals surface area contributed by atoms with E-state index in [1.807, 2.05) is 18.7 Å². The Labute approximate surface area is 242 Å². The van der Waals surface area contributed by atoms with E-state index in [9.17, 15) is 19.2 Å². The molecule has 0 radical (unpaired) electrons. The Hall–Kier alpha value is -2.20. The molecule has 2 rings (SSSR count). The van der Waals surface area contributed by atoms with Crippen molar-refractivity contribution in [3.8, 4) is 0 Å². The van der Waals surface area contributed by atoms with Crippen LogP contribution in [0.5, 0.6) is 0 Å². The number of nitrogens with one attached hydrogen (secondary N) is 2. The monoisotopic (exact) mass is 564 g/mol. The van der Waals surface area contributed by atoms with Gasteiger partial charge in [-0.3, -0.25) is 19.2 Å². The van der Waals surface area contributed by atoms with Crippen molar-refractivity contribution in [3.05, 3.63) is 0 Å². The lowest BCUT2D eigenvalue weighted by Gasteiger charge is -2.43. The molecule has 230 valence electrons. The number of piperazine rings is 2. The molecule has 0 aromatic carbocycles. The maximum Gasteiger partial charge on any atom is 0.246 e. The Morgan fingerprint density at radius 1 is 0.975 bits per heavy atom. The molecule has 2 aliphatic heterocycles. The van der Waals surface area contributed by atoms with E-state index in [1.54, 1.807) is 11.9 Å². The van der Waals surface area contributed by atoms with Crippen molar-refractivity contribution < 1.29 is 19.2 Å². The van der Waals surface area contributed by atoms with Gasteiger partial charge in [0.2, 0.25) is 23.6 Å². The number of hydrogen-bond acceptors (Lipinski definition) is 6. The Balaban J connectivity index is 1.66. The van der Waals surface area contributed by atoms with Crippen LogP contribution < -0.4 is 16.4 Å². The van der Waals surface area contributed by atoms with Crippen molar-refractivity contribution in [1.82, 2.24) is 25.3 Å². The number of carbonyl (C=O) groups is 4. The van der Waals surface area contributed by atoms with Gasteiger partial charge in [0.15, 0.2) is 0 Å². The third-order valence-electron chi connectivity index (χ3n) is 8.53. The quantitative estimate of drug-likeness (QED) is 0.207. The van der Waals surface area contributed by atoms with Gasteiger partial charge in [-0.15, -0.1) is 0 Å². The summed E-state index contributed by atoms with van der Waals surface area (Å²) in [5.74, 6) is -0.0907. The van der Waals surface area contributed by atoms with Crippen molar-refractivity contribution in [2.45, 2.75) is 109 Å². The molecule has 0 aromatic rings. The van der Waals surface area contributed by atoms with Gasteiger partial charge in [-0.25, -0.2) is 0 Å². The van der Waals surface area contributed by atoms with E-state index < -0.39 is 12.1 Å². The molecule has 0 spiro atoms. The van der Waals surface area contributed by atoms with Crippen LogP contribution in [-0.2, 0) is 19.2 Å². The summed E-state index contributed by atoms with van der Waals surface area (Å²) in [6.45, 7) is 8.53. The molecule has 0 aliphatic carbocycles. The number of unbranched alkanes of at least 4 members (excludes halogenated alkanes) is 8. The molecule has 10 nitrogen and oxygen atoms in total. The molecule has 3 atom stereocenters. The number of nitrogens with two attached hydrogens (primary N) is 1. The van der Waals surface area contributed by atoms with Gasteiger partial charge in [0.05, 0.1) is 0 Å².